The summed E-state index contributed by atoms with van der Waals surface area (Å²) in [6, 6.07) is 10.3. The van der Waals surface area contributed by atoms with Crippen molar-refractivity contribution >= 4 is 52.1 Å². The molecule has 254 valence electrons. The Labute approximate surface area is 285 Å². The second kappa shape index (κ2) is 13.8. The van der Waals surface area contributed by atoms with E-state index in [9.17, 15) is 19.5 Å². The minimum absolute atomic E-state index is 0.159. The molecule has 15 nitrogen and oxygen atoms in total. The molecule has 0 unspecified atom stereocenters. The lowest BCUT2D eigenvalue weighted by Gasteiger charge is -2.34. The second-order valence-electron chi connectivity index (χ2n) is 12.6. The molecule has 1 aliphatic heterocycles. The Morgan fingerprint density at radius 3 is 2.65 bits per heavy atom. The summed E-state index contributed by atoms with van der Waals surface area (Å²) in [6.45, 7) is 7.40. The molecule has 0 spiro atoms. The number of carbonyl (C=O) groups is 2. The molecule has 1 aromatic carbocycles. The van der Waals surface area contributed by atoms with Crippen LogP contribution in [0, 0.1) is 0 Å². The third kappa shape index (κ3) is 7.75. The van der Waals surface area contributed by atoms with Crippen LogP contribution in [0.3, 0.4) is 0 Å². The zero-order valence-electron chi connectivity index (χ0n) is 27.5. The van der Waals surface area contributed by atoms with Crippen LogP contribution in [0.4, 0.5) is 15.7 Å². The third-order valence-electron chi connectivity index (χ3n) is 8.00. The molecule has 5 heterocycles. The van der Waals surface area contributed by atoms with Gasteiger partial charge in [0.15, 0.2) is 11.0 Å². The number of rotatable bonds is 9. The van der Waals surface area contributed by atoms with Crippen LogP contribution in [0.25, 0.3) is 17.8 Å². The van der Waals surface area contributed by atoms with Crippen molar-refractivity contribution in [3.63, 3.8) is 0 Å². The summed E-state index contributed by atoms with van der Waals surface area (Å²) in [4.78, 5) is 51.4. The molecule has 1 atom stereocenters. The van der Waals surface area contributed by atoms with Crippen molar-refractivity contribution in [3.8, 4) is 5.75 Å². The highest BCUT2D eigenvalue weighted by Crippen LogP contribution is 2.27. The molecule has 16 heteroatoms. The first kappa shape index (κ1) is 33.3. The smallest absolute Gasteiger partial charge is 0.404 e. The number of fused-ring (bicyclic) bond motifs is 1. The van der Waals surface area contributed by atoms with E-state index in [0.717, 1.165) is 17.0 Å². The average Bonchev–Trinajstić information content (AvgIpc) is 3.74. The number of carboxylic acid groups (broad SMARTS) is 1. The topological polar surface area (TPSA) is 182 Å². The molecule has 1 fully saturated rings. The van der Waals surface area contributed by atoms with Crippen molar-refractivity contribution in [1.29, 1.82) is 0 Å². The Bertz CT molecular complexity index is 2080. The maximum Gasteiger partial charge on any atom is 0.404 e. The lowest BCUT2D eigenvalue weighted by atomic mass is 9.93. The number of hydrogen-bond acceptors (Lipinski definition) is 11. The number of thiazole rings is 1. The van der Waals surface area contributed by atoms with Gasteiger partial charge in [-0.15, -0.1) is 21.5 Å². The highest BCUT2D eigenvalue weighted by atomic mass is 32.1. The average molecular weight is 685 g/mol. The van der Waals surface area contributed by atoms with E-state index in [1.807, 2.05) is 55.3 Å². The van der Waals surface area contributed by atoms with E-state index < -0.39 is 6.09 Å². The summed E-state index contributed by atoms with van der Waals surface area (Å²) >= 11 is 1.34. The number of piperidine rings is 1. The molecular weight excluding hydrogens is 648 g/mol. The molecule has 0 aliphatic carbocycles. The SMILES string of the molecule is COc1ccc(Cn2nnc(/C=C/c3c(N4CCC[C@@H](NC(=O)O)C4)nc4cc(C(=O)Nc5nc(C(C)(C)C)cs5)ccn4c3=O)n2)cc1. The first-order chi connectivity index (χ1) is 23.5. The van der Waals surface area contributed by atoms with Crippen LogP contribution >= 0.6 is 11.3 Å². The Hall–Kier alpha value is -5.64. The van der Waals surface area contributed by atoms with E-state index in [4.69, 9.17) is 9.72 Å². The van der Waals surface area contributed by atoms with Gasteiger partial charge in [0.2, 0.25) is 0 Å². The van der Waals surface area contributed by atoms with Crippen LogP contribution in [-0.2, 0) is 12.0 Å². The molecule has 6 rings (SSSR count). The summed E-state index contributed by atoms with van der Waals surface area (Å²) in [5.41, 5.74) is 2.11. The van der Waals surface area contributed by atoms with Gasteiger partial charge in [0.25, 0.3) is 11.5 Å². The summed E-state index contributed by atoms with van der Waals surface area (Å²) in [7, 11) is 1.61. The fourth-order valence-corrected chi connectivity index (χ4v) is 6.35. The van der Waals surface area contributed by atoms with Gasteiger partial charge in [0, 0.05) is 41.7 Å². The number of aromatic nitrogens is 7. The first-order valence-corrected chi connectivity index (χ1v) is 16.5. The minimum Gasteiger partial charge on any atom is -0.497 e. The maximum atomic E-state index is 14.0. The van der Waals surface area contributed by atoms with E-state index >= 15 is 0 Å². The molecule has 0 radical (unpaired) electrons. The molecular formula is C33H36N10O5S. The predicted molar refractivity (Wildman–Crippen MR) is 185 cm³/mol. The molecule has 0 bridgehead atoms. The highest BCUT2D eigenvalue weighted by Gasteiger charge is 2.26. The van der Waals surface area contributed by atoms with Gasteiger partial charge in [-0.2, -0.15) is 4.80 Å². The van der Waals surface area contributed by atoms with Crippen molar-refractivity contribution in [2.75, 3.05) is 30.4 Å². The van der Waals surface area contributed by atoms with Gasteiger partial charge in [-0.25, -0.2) is 14.8 Å². The van der Waals surface area contributed by atoms with Crippen LogP contribution in [0.15, 0.2) is 52.8 Å². The summed E-state index contributed by atoms with van der Waals surface area (Å²) in [5.74, 6) is 1.01. The molecule has 1 saturated heterocycles. The fourth-order valence-electron chi connectivity index (χ4n) is 5.42. The summed E-state index contributed by atoms with van der Waals surface area (Å²) in [6.07, 6.45) is 4.91. The molecule has 1 aliphatic rings. The summed E-state index contributed by atoms with van der Waals surface area (Å²) < 4.78 is 6.58. The molecule has 5 aromatic rings. The van der Waals surface area contributed by atoms with Crippen LogP contribution in [0.5, 0.6) is 5.75 Å². The first-order valence-electron chi connectivity index (χ1n) is 15.6. The predicted octanol–water partition coefficient (Wildman–Crippen LogP) is 4.15. The number of tetrazole rings is 1. The Balaban J connectivity index is 1.31. The third-order valence-corrected chi connectivity index (χ3v) is 8.76. The van der Waals surface area contributed by atoms with E-state index in [-0.39, 0.29) is 40.0 Å². The van der Waals surface area contributed by atoms with E-state index in [1.165, 1.54) is 26.7 Å². The number of nitrogens with zero attached hydrogens (tertiary/aromatic N) is 8. The van der Waals surface area contributed by atoms with Crippen molar-refractivity contribution in [1.82, 2.24) is 39.9 Å². The lowest BCUT2D eigenvalue weighted by Crippen LogP contribution is -2.48. The van der Waals surface area contributed by atoms with E-state index in [2.05, 4.69) is 31.0 Å². The van der Waals surface area contributed by atoms with Gasteiger partial charge in [-0.05, 0) is 60.0 Å². The van der Waals surface area contributed by atoms with Gasteiger partial charge < -0.3 is 20.1 Å². The van der Waals surface area contributed by atoms with E-state index in [1.54, 1.807) is 31.4 Å². The van der Waals surface area contributed by atoms with Gasteiger partial charge in [0.05, 0.1) is 24.9 Å². The molecule has 0 saturated carbocycles. The zero-order valence-corrected chi connectivity index (χ0v) is 28.3. The number of pyridine rings is 1. The van der Waals surface area contributed by atoms with Crippen molar-refractivity contribution in [3.05, 3.63) is 86.5 Å². The van der Waals surface area contributed by atoms with Crippen molar-refractivity contribution in [2.24, 2.45) is 0 Å². The normalized spacial score (nSPS) is 15.1. The largest absolute Gasteiger partial charge is 0.497 e. The van der Waals surface area contributed by atoms with Crippen LogP contribution in [0.2, 0.25) is 0 Å². The van der Waals surface area contributed by atoms with Gasteiger partial charge in [0.1, 0.15) is 17.2 Å². The number of nitrogens with one attached hydrogen (secondary N) is 2. The Kier molecular flexibility index (Phi) is 9.40. The number of hydrogen-bond donors (Lipinski definition) is 3. The van der Waals surface area contributed by atoms with Gasteiger partial charge in [-0.1, -0.05) is 32.9 Å². The van der Waals surface area contributed by atoms with Crippen molar-refractivity contribution < 1.29 is 19.4 Å². The molecule has 49 heavy (non-hydrogen) atoms. The molecule has 2 amide bonds. The number of anilines is 2. The van der Waals surface area contributed by atoms with Gasteiger partial charge >= 0.3 is 6.09 Å². The zero-order chi connectivity index (χ0) is 34.7. The number of methoxy groups -OCH3 is 1. The molecule has 3 N–H and O–H groups in total. The monoisotopic (exact) mass is 684 g/mol. The maximum absolute atomic E-state index is 14.0. The quantitative estimate of drug-likeness (QED) is 0.203. The number of benzene rings is 1. The van der Waals surface area contributed by atoms with Crippen LogP contribution in [-0.4, -0.2) is 77.9 Å². The molecule has 4 aromatic heterocycles. The standard InChI is InChI=1S/C33H36N10O5S/c1-33(2,3)25-19-49-31(35-25)37-29(44)21-13-15-42-27(16-21)36-28(41-14-5-6-22(18-41)34-32(46)47)24(30(42)45)11-12-26-38-40-43(39-26)17-20-7-9-23(48-4)10-8-20/h7-13,15-16,19,22,34H,5-6,14,17-18H2,1-4H3,(H,46,47)(H,35,37,44)/b12-11+/t22-/m1/s1. The lowest BCUT2D eigenvalue weighted by molar-refractivity contribution is 0.102. The van der Waals surface area contributed by atoms with E-state index in [0.29, 0.717) is 49.0 Å². The number of amides is 2. The Morgan fingerprint density at radius 2 is 1.94 bits per heavy atom. The Morgan fingerprint density at radius 1 is 1.14 bits per heavy atom. The minimum atomic E-state index is -1.12. The van der Waals surface area contributed by atoms with Gasteiger partial charge in [-0.3, -0.25) is 19.3 Å². The van der Waals surface area contributed by atoms with Crippen LogP contribution in [0.1, 0.15) is 66.6 Å². The number of carbonyl (C=O) groups excluding carboxylic acids is 1. The second-order valence-corrected chi connectivity index (χ2v) is 13.5. The van der Waals surface area contributed by atoms with Crippen molar-refractivity contribution in [2.45, 2.75) is 51.6 Å². The van der Waals surface area contributed by atoms with Crippen LogP contribution < -0.4 is 25.8 Å². The fraction of sp³-hybridized carbons (Fsp3) is 0.333. The summed E-state index contributed by atoms with van der Waals surface area (Å²) in [5, 5.41) is 29.8. The number of ether oxygens (including phenoxy) is 1. The highest BCUT2D eigenvalue weighted by molar-refractivity contribution is 7.14.